The molecule has 3 rings (SSSR count). The van der Waals surface area contributed by atoms with Gasteiger partial charge in [-0.15, -0.1) is 24.0 Å². The van der Waals surface area contributed by atoms with Crippen molar-refractivity contribution in [3.05, 3.63) is 71.3 Å². The fourth-order valence-corrected chi connectivity index (χ4v) is 3.27. The number of benzene rings is 2. The second-order valence-corrected chi connectivity index (χ2v) is 7.34. The molecule has 1 aliphatic rings. The van der Waals surface area contributed by atoms with Crippen molar-refractivity contribution in [2.45, 2.75) is 20.1 Å². The van der Waals surface area contributed by atoms with E-state index < -0.39 is 0 Å². The third-order valence-corrected chi connectivity index (χ3v) is 4.96. The lowest BCUT2D eigenvalue weighted by molar-refractivity contribution is 0.0389. The van der Waals surface area contributed by atoms with Crippen molar-refractivity contribution in [2.24, 2.45) is 4.99 Å². The molecule has 174 valence electrons. The van der Waals surface area contributed by atoms with Crippen LogP contribution >= 0.6 is 24.0 Å². The van der Waals surface area contributed by atoms with Crippen molar-refractivity contribution >= 4 is 35.9 Å². The molecule has 0 radical (unpaired) electrons. The fourth-order valence-electron chi connectivity index (χ4n) is 3.27. The van der Waals surface area contributed by atoms with Gasteiger partial charge in [0.2, 0.25) is 0 Å². The first-order valence-electron chi connectivity index (χ1n) is 10.9. The van der Waals surface area contributed by atoms with E-state index in [2.05, 4.69) is 20.5 Å². The number of hydrogen-bond donors (Lipinski definition) is 2. The van der Waals surface area contributed by atoms with E-state index in [0.29, 0.717) is 12.1 Å². The van der Waals surface area contributed by atoms with Crippen molar-refractivity contribution < 1.29 is 14.3 Å². The highest BCUT2D eigenvalue weighted by Gasteiger charge is 2.10. The summed E-state index contributed by atoms with van der Waals surface area (Å²) in [6, 6.07) is 17.1. The predicted octanol–water partition coefficient (Wildman–Crippen LogP) is 3.05. The maximum atomic E-state index is 12.4. The third-order valence-electron chi connectivity index (χ3n) is 4.96. The topological polar surface area (TPSA) is 75.2 Å². The van der Waals surface area contributed by atoms with Crippen LogP contribution in [0.25, 0.3) is 0 Å². The molecule has 0 bridgehead atoms. The second-order valence-electron chi connectivity index (χ2n) is 7.34. The van der Waals surface area contributed by atoms with Gasteiger partial charge in [0.1, 0.15) is 6.61 Å². The van der Waals surface area contributed by atoms with Gasteiger partial charge < -0.3 is 20.1 Å². The molecule has 8 heteroatoms. The molecule has 1 fully saturated rings. The molecule has 1 heterocycles. The molecule has 2 aromatic carbocycles. The number of hydrogen-bond acceptors (Lipinski definition) is 5. The lowest BCUT2D eigenvalue weighted by Crippen LogP contribution is -2.44. The van der Waals surface area contributed by atoms with E-state index in [0.717, 1.165) is 63.0 Å². The van der Waals surface area contributed by atoms with Gasteiger partial charge in [-0.1, -0.05) is 42.5 Å². The van der Waals surface area contributed by atoms with Gasteiger partial charge in [0.25, 0.3) is 0 Å². The first kappa shape index (κ1) is 26.1. The summed E-state index contributed by atoms with van der Waals surface area (Å²) in [4.78, 5) is 19.4. The Morgan fingerprint density at radius 3 is 2.56 bits per heavy atom. The summed E-state index contributed by atoms with van der Waals surface area (Å²) in [5, 5.41) is 6.65. The number of carbonyl (C=O) groups is 1. The Bertz CT molecular complexity index is 842. The quantitative estimate of drug-likeness (QED) is 0.216. The van der Waals surface area contributed by atoms with Gasteiger partial charge in [-0.25, -0.2) is 9.79 Å². The molecule has 1 saturated heterocycles. The van der Waals surface area contributed by atoms with E-state index in [1.54, 1.807) is 6.07 Å². The second kappa shape index (κ2) is 14.8. The molecule has 2 N–H and O–H groups in total. The van der Waals surface area contributed by atoms with Crippen LogP contribution in [0, 0.1) is 0 Å². The molecular weight excluding hydrogens is 519 g/mol. The van der Waals surface area contributed by atoms with E-state index in [9.17, 15) is 4.79 Å². The molecule has 0 unspecified atom stereocenters. The number of nitrogens with zero attached hydrogens (tertiary/aromatic N) is 2. The number of nitrogens with one attached hydrogen (secondary N) is 2. The van der Waals surface area contributed by atoms with Gasteiger partial charge in [0.05, 0.1) is 25.3 Å². The number of carbonyl (C=O) groups excluding carboxylic acids is 1. The van der Waals surface area contributed by atoms with Crippen LogP contribution in [0.2, 0.25) is 0 Å². The molecule has 0 atom stereocenters. The monoisotopic (exact) mass is 552 g/mol. The Morgan fingerprint density at radius 1 is 1.06 bits per heavy atom. The molecule has 32 heavy (non-hydrogen) atoms. The number of rotatable bonds is 9. The lowest BCUT2D eigenvalue weighted by atomic mass is 10.1. The zero-order valence-electron chi connectivity index (χ0n) is 18.6. The molecule has 0 spiro atoms. The van der Waals surface area contributed by atoms with Gasteiger partial charge in [-0.2, -0.15) is 0 Å². The Morgan fingerprint density at radius 2 is 1.81 bits per heavy atom. The van der Waals surface area contributed by atoms with Crippen molar-refractivity contribution in [1.29, 1.82) is 0 Å². The summed E-state index contributed by atoms with van der Waals surface area (Å²) in [5.74, 6) is 0.443. The fraction of sp³-hybridized carbons (Fsp3) is 0.417. The maximum absolute atomic E-state index is 12.4. The minimum atomic E-state index is -0.328. The Balaban J connectivity index is 0.00000363. The van der Waals surface area contributed by atoms with Gasteiger partial charge in [0, 0.05) is 32.7 Å². The highest BCUT2D eigenvalue weighted by atomic mass is 127. The van der Waals surface area contributed by atoms with Crippen molar-refractivity contribution in [3.8, 4) is 0 Å². The van der Waals surface area contributed by atoms with Gasteiger partial charge >= 0.3 is 5.97 Å². The van der Waals surface area contributed by atoms with Crippen molar-refractivity contribution in [3.63, 3.8) is 0 Å². The first-order chi connectivity index (χ1) is 15.2. The van der Waals surface area contributed by atoms with E-state index in [4.69, 9.17) is 9.47 Å². The van der Waals surface area contributed by atoms with Crippen LogP contribution in [-0.2, 0) is 22.6 Å². The number of ether oxygens (including phenoxy) is 2. The average molecular weight is 552 g/mol. The Labute approximate surface area is 207 Å². The van der Waals surface area contributed by atoms with E-state index in [-0.39, 0.29) is 36.6 Å². The summed E-state index contributed by atoms with van der Waals surface area (Å²) in [6.07, 6.45) is 0. The van der Waals surface area contributed by atoms with E-state index >= 15 is 0 Å². The average Bonchev–Trinajstić information content (AvgIpc) is 2.82. The minimum Gasteiger partial charge on any atom is -0.457 e. The zero-order valence-corrected chi connectivity index (χ0v) is 20.9. The van der Waals surface area contributed by atoms with Crippen LogP contribution in [0.4, 0.5) is 0 Å². The maximum Gasteiger partial charge on any atom is 0.338 e. The van der Waals surface area contributed by atoms with Gasteiger partial charge in [-0.3, -0.25) is 4.90 Å². The highest BCUT2D eigenvalue weighted by molar-refractivity contribution is 14.0. The van der Waals surface area contributed by atoms with E-state index in [1.807, 2.05) is 55.5 Å². The molecule has 1 aliphatic heterocycles. The molecule has 0 aliphatic carbocycles. The van der Waals surface area contributed by atoms with Crippen molar-refractivity contribution in [2.75, 3.05) is 45.9 Å². The molecule has 0 saturated carbocycles. The third kappa shape index (κ3) is 9.13. The number of morpholine rings is 1. The smallest absolute Gasteiger partial charge is 0.338 e. The molecule has 7 nitrogen and oxygen atoms in total. The van der Waals surface area contributed by atoms with Crippen LogP contribution in [0.5, 0.6) is 0 Å². The minimum absolute atomic E-state index is 0. The van der Waals surface area contributed by atoms with E-state index in [1.165, 1.54) is 0 Å². The predicted molar refractivity (Wildman–Crippen MR) is 137 cm³/mol. The van der Waals surface area contributed by atoms with Crippen LogP contribution in [0.3, 0.4) is 0 Å². The number of esters is 1. The summed E-state index contributed by atoms with van der Waals surface area (Å²) in [5.41, 5.74) is 2.46. The number of halogens is 1. The Kier molecular flexibility index (Phi) is 12.1. The lowest BCUT2D eigenvalue weighted by Gasteiger charge is -2.26. The van der Waals surface area contributed by atoms with Gasteiger partial charge in [-0.05, 0) is 30.2 Å². The highest BCUT2D eigenvalue weighted by Crippen LogP contribution is 2.10. The summed E-state index contributed by atoms with van der Waals surface area (Å²) >= 11 is 0. The largest absolute Gasteiger partial charge is 0.457 e. The molecule has 0 amide bonds. The standard InChI is InChI=1S/C24H32N4O3.HI/c1-2-25-24(26-11-12-28-13-15-30-16-14-28)27-18-21-9-6-10-22(17-21)23(29)31-19-20-7-4-3-5-8-20;/h3-10,17H,2,11-16,18-19H2,1H3,(H2,25,26,27);1H. The summed E-state index contributed by atoms with van der Waals surface area (Å²) in [7, 11) is 0. The van der Waals surface area contributed by atoms with Crippen LogP contribution < -0.4 is 10.6 Å². The number of aliphatic imine (C=N–C) groups is 1. The molecular formula is C24H33IN4O3. The zero-order chi connectivity index (χ0) is 21.7. The summed E-state index contributed by atoms with van der Waals surface area (Å²) < 4.78 is 10.8. The summed E-state index contributed by atoms with van der Waals surface area (Å²) in [6.45, 7) is 8.90. The molecule has 0 aromatic heterocycles. The Hall–Kier alpha value is -2.17. The van der Waals surface area contributed by atoms with Crippen LogP contribution in [0.15, 0.2) is 59.6 Å². The van der Waals surface area contributed by atoms with Gasteiger partial charge in [0.15, 0.2) is 5.96 Å². The first-order valence-corrected chi connectivity index (χ1v) is 10.9. The normalized spacial score (nSPS) is 14.3. The van der Waals surface area contributed by atoms with Crippen LogP contribution in [-0.4, -0.2) is 62.8 Å². The van der Waals surface area contributed by atoms with Crippen LogP contribution in [0.1, 0.15) is 28.4 Å². The molecule has 2 aromatic rings. The SMILES string of the molecule is CCNC(=NCc1cccc(C(=O)OCc2ccccc2)c1)NCCN1CCOCC1.I. The van der Waals surface area contributed by atoms with Crippen molar-refractivity contribution in [1.82, 2.24) is 15.5 Å². The number of guanidine groups is 1.